The number of carbonyl (C=O) groups is 3. The van der Waals surface area contributed by atoms with Crippen LogP contribution in [0, 0.1) is 5.82 Å². The van der Waals surface area contributed by atoms with Gasteiger partial charge in [0.2, 0.25) is 5.91 Å². The van der Waals surface area contributed by atoms with Crippen LogP contribution in [0.5, 0.6) is 5.75 Å². The normalized spacial score (nSPS) is 12.3. The molecule has 11 heteroatoms. The molecule has 0 aliphatic carbocycles. The van der Waals surface area contributed by atoms with E-state index in [0.29, 0.717) is 30.9 Å². The summed E-state index contributed by atoms with van der Waals surface area (Å²) in [6, 6.07) is 14.9. The monoisotopic (exact) mass is 626 g/mol. The van der Waals surface area contributed by atoms with E-state index in [1.807, 2.05) is 38.1 Å². The molecule has 2 unspecified atom stereocenters. The van der Waals surface area contributed by atoms with Crippen molar-refractivity contribution < 1.29 is 28.6 Å². The first-order valence-corrected chi connectivity index (χ1v) is 14.9. The topological polar surface area (TPSA) is 134 Å². The van der Waals surface area contributed by atoms with Crippen LogP contribution in [0.1, 0.15) is 68.9 Å². The lowest BCUT2D eigenvalue weighted by Crippen LogP contribution is -2.48. The molecule has 0 aromatic heterocycles. The van der Waals surface area contributed by atoms with E-state index in [1.165, 1.54) is 30.3 Å². The summed E-state index contributed by atoms with van der Waals surface area (Å²) in [7, 11) is 1.58. The molecule has 3 rings (SSSR count). The summed E-state index contributed by atoms with van der Waals surface area (Å²) in [5.74, 6) is -1.67. The number of ether oxygens (including phenoxy) is 1. The van der Waals surface area contributed by atoms with Crippen molar-refractivity contribution >= 4 is 29.3 Å². The van der Waals surface area contributed by atoms with Crippen molar-refractivity contribution in [2.45, 2.75) is 51.8 Å². The van der Waals surface area contributed by atoms with Crippen LogP contribution < -0.4 is 21.1 Å². The van der Waals surface area contributed by atoms with Crippen LogP contribution in [0.15, 0.2) is 60.7 Å². The Balaban J connectivity index is 1.86. The number of hydrogen-bond acceptors (Lipinski definition) is 6. The molecule has 2 atom stereocenters. The van der Waals surface area contributed by atoms with Crippen LogP contribution in [0.3, 0.4) is 0 Å². The minimum absolute atomic E-state index is 0.00535. The van der Waals surface area contributed by atoms with Crippen molar-refractivity contribution in [3.63, 3.8) is 0 Å². The van der Waals surface area contributed by atoms with Gasteiger partial charge in [0.1, 0.15) is 11.6 Å². The second-order valence-electron chi connectivity index (χ2n) is 10.5. The first-order chi connectivity index (χ1) is 21.1. The Morgan fingerprint density at radius 1 is 0.977 bits per heavy atom. The van der Waals surface area contributed by atoms with Crippen LogP contribution in [0.25, 0.3) is 0 Å². The SMILES string of the molecule is CCCN(CCC)C(=O)c1cc(C(N)=O)cc(C(=O)NC(Cc2ccc(Cl)c(F)c2)C(O)CNCc2cccc(OC)c2)c1. The molecule has 0 bridgehead atoms. The van der Waals surface area contributed by atoms with E-state index in [-0.39, 0.29) is 40.6 Å². The van der Waals surface area contributed by atoms with Crippen LogP contribution >= 0.6 is 11.6 Å². The van der Waals surface area contributed by atoms with Crippen molar-refractivity contribution in [3.05, 3.63) is 99.3 Å². The number of nitrogens with one attached hydrogen (secondary N) is 2. The second kappa shape index (κ2) is 16.7. The molecular formula is C33H40ClFN4O5. The molecule has 0 fully saturated rings. The first kappa shape index (κ1) is 34.5. The summed E-state index contributed by atoms with van der Waals surface area (Å²) in [4.78, 5) is 40.7. The predicted octanol–water partition coefficient (Wildman–Crippen LogP) is 4.34. The lowest BCUT2D eigenvalue weighted by Gasteiger charge is -2.25. The van der Waals surface area contributed by atoms with Crippen LogP contribution in [0.2, 0.25) is 5.02 Å². The number of aliphatic hydroxyl groups is 1. The van der Waals surface area contributed by atoms with Crippen molar-refractivity contribution in [1.29, 1.82) is 0 Å². The number of rotatable bonds is 16. The summed E-state index contributed by atoms with van der Waals surface area (Å²) in [6.07, 6.45) is 0.453. The molecule has 236 valence electrons. The van der Waals surface area contributed by atoms with Crippen LogP contribution in [-0.2, 0) is 13.0 Å². The minimum Gasteiger partial charge on any atom is -0.497 e. The largest absolute Gasteiger partial charge is 0.497 e. The third kappa shape index (κ3) is 9.77. The number of nitrogens with zero attached hydrogens (tertiary/aromatic N) is 1. The number of aliphatic hydroxyl groups excluding tert-OH is 1. The van der Waals surface area contributed by atoms with Gasteiger partial charge in [-0.25, -0.2) is 4.39 Å². The van der Waals surface area contributed by atoms with E-state index in [1.54, 1.807) is 18.1 Å². The Bertz CT molecular complexity index is 1450. The Morgan fingerprint density at radius 3 is 2.30 bits per heavy atom. The summed E-state index contributed by atoms with van der Waals surface area (Å²) in [5.41, 5.74) is 7.17. The Labute approximate surface area is 262 Å². The smallest absolute Gasteiger partial charge is 0.253 e. The highest BCUT2D eigenvalue weighted by molar-refractivity contribution is 6.30. The van der Waals surface area contributed by atoms with Gasteiger partial charge in [0.25, 0.3) is 11.8 Å². The van der Waals surface area contributed by atoms with E-state index in [4.69, 9.17) is 22.1 Å². The van der Waals surface area contributed by atoms with Crippen LogP contribution in [0.4, 0.5) is 4.39 Å². The van der Waals surface area contributed by atoms with Crippen molar-refractivity contribution in [2.24, 2.45) is 5.73 Å². The number of hydrogen-bond donors (Lipinski definition) is 4. The van der Waals surface area contributed by atoms with Gasteiger partial charge in [0.15, 0.2) is 0 Å². The molecular weight excluding hydrogens is 587 g/mol. The molecule has 0 aliphatic heterocycles. The van der Waals surface area contributed by atoms with E-state index in [2.05, 4.69) is 10.6 Å². The molecule has 44 heavy (non-hydrogen) atoms. The van der Waals surface area contributed by atoms with Crippen molar-refractivity contribution in [2.75, 3.05) is 26.7 Å². The Hall–Kier alpha value is -3.99. The van der Waals surface area contributed by atoms with Gasteiger partial charge in [-0.3, -0.25) is 14.4 Å². The van der Waals surface area contributed by atoms with E-state index in [0.717, 1.165) is 18.4 Å². The summed E-state index contributed by atoms with van der Waals surface area (Å²) >= 11 is 5.85. The third-order valence-electron chi connectivity index (χ3n) is 7.04. The zero-order valence-corrected chi connectivity index (χ0v) is 26.0. The van der Waals surface area contributed by atoms with Crippen molar-refractivity contribution in [3.8, 4) is 5.75 Å². The molecule has 5 N–H and O–H groups in total. The van der Waals surface area contributed by atoms with Gasteiger partial charge in [-0.05, 0) is 72.9 Å². The zero-order valence-electron chi connectivity index (χ0n) is 25.2. The highest BCUT2D eigenvalue weighted by atomic mass is 35.5. The number of amides is 3. The maximum Gasteiger partial charge on any atom is 0.253 e. The van der Waals surface area contributed by atoms with E-state index in [9.17, 15) is 23.9 Å². The molecule has 0 radical (unpaired) electrons. The Morgan fingerprint density at radius 2 is 1.66 bits per heavy atom. The van der Waals surface area contributed by atoms with Gasteiger partial charge >= 0.3 is 0 Å². The van der Waals surface area contributed by atoms with Gasteiger partial charge in [-0.2, -0.15) is 0 Å². The molecule has 0 aliphatic rings. The number of methoxy groups -OCH3 is 1. The molecule has 0 spiro atoms. The molecule has 9 nitrogen and oxygen atoms in total. The van der Waals surface area contributed by atoms with Gasteiger partial charge in [-0.15, -0.1) is 0 Å². The molecule has 3 aromatic rings. The quantitative estimate of drug-likeness (QED) is 0.187. The lowest BCUT2D eigenvalue weighted by atomic mass is 9.99. The Kier molecular flexibility index (Phi) is 13.1. The average Bonchev–Trinajstić information content (AvgIpc) is 3.01. The van der Waals surface area contributed by atoms with Gasteiger partial charge < -0.3 is 31.1 Å². The number of benzene rings is 3. The zero-order chi connectivity index (χ0) is 32.2. The van der Waals surface area contributed by atoms with Gasteiger partial charge in [-0.1, -0.05) is 43.6 Å². The summed E-state index contributed by atoms with van der Waals surface area (Å²) in [6.45, 7) is 5.46. The standard InChI is InChI=1S/C33H40ClFN4O5/c1-4-11-39(12-5-2)33(43)25-17-23(31(36)41)16-24(18-25)32(42)38-29(15-21-9-10-27(34)28(35)14-21)30(40)20-37-19-22-7-6-8-26(13-22)44-3/h6-10,13-14,16-18,29-30,37,40H,4-5,11-12,15,19-20H2,1-3H3,(H2,36,41)(H,38,42). The van der Waals surface area contributed by atoms with Crippen LogP contribution in [-0.4, -0.2) is 66.6 Å². The number of halogens is 2. The maximum atomic E-state index is 14.2. The fourth-order valence-electron chi connectivity index (χ4n) is 4.81. The fraction of sp³-hybridized carbons (Fsp3) is 0.364. The number of carbonyl (C=O) groups excluding carboxylic acids is 3. The maximum absolute atomic E-state index is 14.2. The number of nitrogens with two attached hydrogens (primary N) is 1. The first-order valence-electron chi connectivity index (χ1n) is 14.6. The summed E-state index contributed by atoms with van der Waals surface area (Å²) in [5, 5.41) is 17.1. The van der Waals surface area contributed by atoms with E-state index >= 15 is 0 Å². The molecule has 0 saturated carbocycles. The molecule has 0 saturated heterocycles. The van der Waals surface area contributed by atoms with Gasteiger partial charge in [0.05, 0.1) is 24.3 Å². The highest BCUT2D eigenvalue weighted by Gasteiger charge is 2.25. The van der Waals surface area contributed by atoms with E-state index < -0.39 is 29.8 Å². The highest BCUT2D eigenvalue weighted by Crippen LogP contribution is 2.19. The van der Waals surface area contributed by atoms with Crippen molar-refractivity contribution in [1.82, 2.24) is 15.5 Å². The molecule has 3 amide bonds. The molecule has 3 aromatic carbocycles. The second-order valence-corrected chi connectivity index (χ2v) is 10.9. The lowest BCUT2D eigenvalue weighted by molar-refractivity contribution is 0.0755. The number of primary amides is 1. The third-order valence-corrected chi connectivity index (χ3v) is 7.34. The average molecular weight is 627 g/mol. The predicted molar refractivity (Wildman–Crippen MR) is 169 cm³/mol. The fourth-order valence-corrected chi connectivity index (χ4v) is 4.92. The minimum atomic E-state index is -1.10. The summed E-state index contributed by atoms with van der Waals surface area (Å²) < 4.78 is 19.5. The molecule has 0 heterocycles. The van der Waals surface area contributed by atoms with Gasteiger partial charge in [0, 0.05) is 42.9 Å².